The highest BCUT2D eigenvalue weighted by Gasteiger charge is 2.46. The molecule has 0 radical (unpaired) electrons. The van der Waals surface area contributed by atoms with Crippen molar-refractivity contribution in [2.45, 2.75) is 32.3 Å². The van der Waals surface area contributed by atoms with E-state index >= 15 is 0 Å². The monoisotopic (exact) mass is 358 g/mol. The molecule has 1 heterocycles. The maximum atomic E-state index is 12.5. The largest absolute Gasteiger partial charge is 0.371 e. The summed E-state index contributed by atoms with van der Waals surface area (Å²) >= 11 is 5.97. The molecule has 4 nitrogen and oxygen atoms in total. The molecule has 1 aliphatic heterocycles. The van der Waals surface area contributed by atoms with Gasteiger partial charge in [0, 0.05) is 34.8 Å². The van der Waals surface area contributed by atoms with Crippen LogP contribution in [0.25, 0.3) is 0 Å². The number of amides is 1. The zero-order chi connectivity index (χ0) is 17.4. The average Bonchev–Trinajstić information content (AvgIpc) is 3.28. The van der Waals surface area contributed by atoms with E-state index in [1.807, 2.05) is 18.2 Å². The van der Waals surface area contributed by atoms with Crippen LogP contribution >= 0.6 is 11.6 Å². The molecule has 1 amide bonds. The summed E-state index contributed by atoms with van der Waals surface area (Å²) in [7, 11) is 0. The molecule has 0 aromatic rings. The highest BCUT2D eigenvalue weighted by Crippen LogP contribution is 2.56. The first-order valence-electron chi connectivity index (χ1n) is 8.88. The van der Waals surface area contributed by atoms with Crippen molar-refractivity contribution in [3.05, 3.63) is 57.8 Å². The molecule has 5 heteroatoms. The van der Waals surface area contributed by atoms with Gasteiger partial charge < -0.3 is 15.4 Å². The van der Waals surface area contributed by atoms with Gasteiger partial charge in [0.2, 0.25) is 0 Å². The van der Waals surface area contributed by atoms with Gasteiger partial charge in [0.25, 0.3) is 5.91 Å². The fourth-order valence-corrected chi connectivity index (χ4v) is 3.88. The number of carbonyl (C=O) groups excluding carboxylic acids is 1. The smallest absolute Gasteiger partial charge is 0.251 e. The number of rotatable bonds is 3. The van der Waals surface area contributed by atoms with Gasteiger partial charge in [-0.3, -0.25) is 4.79 Å². The molecule has 1 saturated carbocycles. The van der Waals surface area contributed by atoms with E-state index in [1.54, 1.807) is 0 Å². The third-order valence-electron chi connectivity index (χ3n) is 5.30. The van der Waals surface area contributed by atoms with Crippen LogP contribution in [-0.2, 0) is 9.53 Å². The minimum atomic E-state index is -0.0406. The van der Waals surface area contributed by atoms with Gasteiger partial charge in [0.1, 0.15) is 0 Å². The first-order chi connectivity index (χ1) is 12.0. The van der Waals surface area contributed by atoms with Gasteiger partial charge in [0.15, 0.2) is 0 Å². The third-order valence-corrected chi connectivity index (χ3v) is 5.61. The number of ether oxygens (including phenoxy) is 1. The highest BCUT2D eigenvalue weighted by atomic mass is 35.5. The Morgan fingerprint density at radius 3 is 2.96 bits per heavy atom. The van der Waals surface area contributed by atoms with Crippen LogP contribution in [0.5, 0.6) is 0 Å². The molecule has 2 unspecified atom stereocenters. The van der Waals surface area contributed by atoms with Crippen molar-refractivity contribution in [3.8, 4) is 0 Å². The zero-order valence-electron chi connectivity index (χ0n) is 14.4. The van der Waals surface area contributed by atoms with Gasteiger partial charge in [-0.15, -0.1) is 0 Å². The Morgan fingerprint density at radius 1 is 1.36 bits per heavy atom. The number of halogens is 1. The molecule has 0 aromatic heterocycles. The van der Waals surface area contributed by atoms with Crippen molar-refractivity contribution in [2.75, 3.05) is 19.7 Å². The highest BCUT2D eigenvalue weighted by molar-refractivity contribution is 6.29. The topological polar surface area (TPSA) is 50.4 Å². The van der Waals surface area contributed by atoms with Gasteiger partial charge in [-0.25, -0.2) is 0 Å². The molecule has 3 aliphatic carbocycles. The van der Waals surface area contributed by atoms with Crippen molar-refractivity contribution in [1.29, 1.82) is 0 Å². The van der Waals surface area contributed by atoms with Crippen LogP contribution in [0.1, 0.15) is 26.2 Å². The molecule has 4 aliphatic rings. The van der Waals surface area contributed by atoms with Crippen LogP contribution in [0.2, 0.25) is 0 Å². The van der Waals surface area contributed by atoms with Crippen LogP contribution in [0.3, 0.4) is 0 Å². The number of fused-ring (bicyclic) bond motifs is 1. The van der Waals surface area contributed by atoms with E-state index in [0.717, 1.165) is 48.8 Å². The molecule has 2 atom stereocenters. The first kappa shape index (κ1) is 16.8. The normalized spacial score (nSPS) is 31.4. The standard InChI is InChI=1S/C20H23ClN2O2/c1-20-10-15(23-19(24)13-2-4-14(21)5-3-13)6-7-16(17(20)11-20)18-12-22-8-9-25-18/h2,4,6-7,10,18,22H,3,5,8-9,11-12H2,1H3,(H,23,24). The molecule has 25 heavy (non-hydrogen) atoms. The maximum Gasteiger partial charge on any atom is 0.251 e. The Balaban J connectivity index is 1.50. The molecular weight excluding hydrogens is 336 g/mol. The van der Waals surface area contributed by atoms with E-state index in [2.05, 4.69) is 29.7 Å². The maximum absolute atomic E-state index is 12.5. The van der Waals surface area contributed by atoms with E-state index in [0.29, 0.717) is 6.42 Å². The second-order valence-corrected chi connectivity index (χ2v) is 7.77. The zero-order valence-corrected chi connectivity index (χ0v) is 15.2. The van der Waals surface area contributed by atoms with Gasteiger partial charge in [-0.05, 0) is 37.0 Å². The van der Waals surface area contributed by atoms with Gasteiger partial charge in [-0.1, -0.05) is 42.3 Å². The lowest BCUT2D eigenvalue weighted by Crippen LogP contribution is -2.39. The van der Waals surface area contributed by atoms with Crippen molar-refractivity contribution in [2.24, 2.45) is 5.41 Å². The molecule has 0 bridgehead atoms. The molecule has 0 spiro atoms. The minimum Gasteiger partial charge on any atom is -0.371 e. The molecule has 132 valence electrons. The van der Waals surface area contributed by atoms with Crippen LogP contribution in [-0.4, -0.2) is 31.7 Å². The van der Waals surface area contributed by atoms with Crippen LogP contribution in [0.4, 0.5) is 0 Å². The van der Waals surface area contributed by atoms with Crippen molar-refractivity contribution < 1.29 is 9.53 Å². The van der Waals surface area contributed by atoms with Crippen molar-refractivity contribution in [3.63, 3.8) is 0 Å². The second kappa shape index (κ2) is 6.60. The van der Waals surface area contributed by atoms with Gasteiger partial charge >= 0.3 is 0 Å². The summed E-state index contributed by atoms with van der Waals surface area (Å²) in [5.41, 5.74) is 4.36. The van der Waals surface area contributed by atoms with E-state index in [1.165, 1.54) is 11.1 Å². The second-order valence-electron chi connectivity index (χ2n) is 7.28. The van der Waals surface area contributed by atoms with Gasteiger partial charge in [-0.2, -0.15) is 0 Å². The number of carbonyl (C=O) groups is 1. The lowest BCUT2D eigenvalue weighted by atomic mass is 10.0. The fourth-order valence-electron chi connectivity index (χ4n) is 3.72. The molecule has 4 rings (SSSR count). The summed E-state index contributed by atoms with van der Waals surface area (Å²) in [6, 6.07) is 0. The Labute approximate surface area is 153 Å². The van der Waals surface area contributed by atoms with Crippen molar-refractivity contribution in [1.82, 2.24) is 10.6 Å². The van der Waals surface area contributed by atoms with Crippen LogP contribution in [0.15, 0.2) is 57.8 Å². The SMILES string of the molecule is CC12C=C(NC(=O)C3=CC=C(Cl)CC3)C=CC(C3CNCCO3)=C1C2. The van der Waals surface area contributed by atoms with Gasteiger partial charge in [0.05, 0.1) is 12.7 Å². The summed E-state index contributed by atoms with van der Waals surface area (Å²) in [5.74, 6) is -0.0406. The van der Waals surface area contributed by atoms with E-state index in [-0.39, 0.29) is 17.4 Å². The van der Waals surface area contributed by atoms with E-state index < -0.39 is 0 Å². The van der Waals surface area contributed by atoms with E-state index in [9.17, 15) is 4.79 Å². The molecule has 1 saturated heterocycles. The number of hydrogen-bond acceptors (Lipinski definition) is 3. The predicted molar refractivity (Wildman–Crippen MR) is 99.0 cm³/mol. The van der Waals surface area contributed by atoms with Crippen LogP contribution < -0.4 is 10.6 Å². The average molecular weight is 359 g/mol. The first-order valence-corrected chi connectivity index (χ1v) is 9.26. The Kier molecular flexibility index (Phi) is 4.44. The summed E-state index contributed by atoms with van der Waals surface area (Å²) in [4.78, 5) is 12.5. The molecular formula is C20H23ClN2O2. The predicted octanol–water partition coefficient (Wildman–Crippen LogP) is 3.09. The number of allylic oxidation sites excluding steroid dienone is 6. The summed E-state index contributed by atoms with van der Waals surface area (Å²) in [6.45, 7) is 4.72. The number of hydrogen-bond donors (Lipinski definition) is 2. The summed E-state index contributed by atoms with van der Waals surface area (Å²) in [6.07, 6.45) is 12.5. The molecule has 2 N–H and O–H groups in total. The van der Waals surface area contributed by atoms with Crippen LogP contribution in [0, 0.1) is 5.41 Å². The lowest BCUT2D eigenvalue weighted by Gasteiger charge is -2.25. The Bertz CT molecular complexity index is 754. The minimum absolute atomic E-state index is 0.0341. The summed E-state index contributed by atoms with van der Waals surface area (Å²) < 4.78 is 5.93. The van der Waals surface area contributed by atoms with Crippen molar-refractivity contribution >= 4 is 17.5 Å². The number of nitrogens with one attached hydrogen (secondary N) is 2. The quantitative estimate of drug-likeness (QED) is 0.815. The Morgan fingerprint density at radius 2 is 2.24 bits per heavy atom. The van der Waals surface area contributed by atoms with E-state index in [4.69, 9.17) is 16.3 Å². The Hall–Kier alpha value is -1.62. The third kappa shape index (κ3) is 3.52. The molecule has 2 fully saturated rings. The fraction of sp³-hybridized carbons (Fsp3) is 0.450. The summed E-state index contributed by atoms with van der Waals surface area (Å²) in [5, 5.41) is 7.25. The molecule has 0 aromatic carbocycles. The number of morpholine rings is 1. The lowest BCUT2D eigenvalue weighted by molar-refractivity contribution is -0.116.